The van der Waals surface area contributed by atoms with E-state index in [2.05, 4.69) is 20.6 Å². The molecule has 0 aliphatic carbocycles. The Morgan fingerprint density at radius 2 is 2.07 bits per heavy atom. The summed E-state index contributed by atoms with van der Waals surface area (Å²) in [6, 6.07) is 7.34. The maximum atomic E-state index is 12.8. The van der Waals surface area contributed by atoms with Crippen molar-refractivity contribution in [1.29, 1.82) is 0 Å². The van der Waals surface area contributed by atoms with E-state index >= 15 is 0 Å². The predicted molar refractivity (Wildman–Crippen MR) is 112 cm³/mol. The van der Waals surface area contributed by atoms with Crippen LogP contribution < -0.4 is 20.1 Å². The van der Waals surface area contributed by atoms with Crippen molar-refractivity contribution in [2.45, 2.75) is 6.92 Å². The molecule has 1 aromatic carbocycles. The van der Waals surface area contributed by atoms with Crippen molar-refractivity contribution in [1.82, 2.24) is 9.88 Å². The highest BCUT2D eigenvalue weighted by molar-refractivity contribution is 6.10. The number of hydrogen-bond acceptors (Lipinski definition) is 8. The molecule has 2 N–H and O–H groups in total. The third-order valence-corrected chi connectivity index (χ3v) is 4.83. The summed E-state index contributed by atoms with van der Waals surface area (Å²) >= 11 is 0. The van der Waals surface area contributed by atoms with Crippen LogP contribution >= 0.6 is 0 Å². The summed E-state index contributed by atoms with van der Waals surface area (Å²) in [5, 5.41) is 6.46. The molecule has 8 nitrogen and oxygen atoms in total. The quantitative estimate of drug-likeness (QED) is 0.576. The van der Waals surface area contributed by atoms with Gasteiger partial charge in [-0.2, -0.15) is 0 Å². The monoisotopic (exact) mass is 393 g/mol. The van der Waals surface area contributed by atoms with Gasteiger partial charge in [0.25, 0.3) is 0 Å². The van der Waals surface area contributed by atoms with Crippen molar-refractivity contribution in [3.63, 3.8) is 0 Å². The SMILES string of the molecule is CCNc1ccc(C(=O)C=C2Nc3cc(OC)c(OC)cc3C3=NCCN23)cn1. The zero-order valence-electron chi connectivity index (χ0n) is 16.7. The third-order valence-electron chi connectivity index (χ3n) is 4.83. The second kappa shape index (κ2) is 7.83. The molecule has 29 heavy (non-hydrogen) atoms. The van der Waals surface area contributed by atoms with Crippen LogP contribution in [0.1, 0.15) is 22.8 Å². The number of carbonyl (C=O) groups is 1. The average molecular weight is 393 g/mol. The number of methoxy groups -OCH3 is 2. The van der Waals surface area contributed by atoms with Gasteiger partial charge in [0.1, 0.15) is 17.5 Å². The van der Waals surface area contributed by atoms with Crippen LogP contribution in [0.3, 0.4) is 0 Å². The number of anilines is 2. The number of amidine groups is 1. The fourth-order valence-electron chi connectivity index (χ4n) is 3.43. The van der Waals surface area contributed by atoms with E-state index in [1.807, 2.05) is 24.0 Å². The van der Waals surface area contributed by atoms with Gasteiger partial charge in [0.05, 0.1) is 26.5 Å². The molecule has 0 saturated heterocycles. The van der Waals surface area contributed by atoms with Gasteiger partial charge in [0.15, 0.2) is 17.3 Å². The summed E-state index contributed by atoms with van der Waals surface area (Å²) in [6.45, 7) is 4.14. The highest BCUT2D eigenvalue weighted by Crippen LogP contribution is 2.38. The number of benzene rings is 1. The minimum Gasteiger partial charge on any atom is -0.493 e. The van der Waals surface area contributed by atoms with Crippen molar-refractivity contribution in [2.75, 3.05) is 44.5 Å². The van der Waals surface area contributed by atoms with Gasteiger partial charge in [-0.15, -0.1) is 0 Å². The maximum Gasteiger partial charge on any atom is 0.191 e. The fourth-order valence-corrected chi connectivity index (χ4v) is 3.43. The number of rotatable bonds is 6. The summed E-state index contributed by atoms with van der Waals surface area (Å²) in [6.07, 6.45) is 3.17. The van der Waals surface area contributed by atoms with E-state index in [4.69, 9.17) is 9.47 Å². The van der Waals surface area contributed by atoms with Gasteiger partial charge in [0.2, 0.25) is 0 Å². The van der Waals surface area contributed by atoms with E-state index in [0.717, 1.165) is 29.4 Å². The standard InChI is InChI=1S/C21H23N5O3/c1-4-22-19-6-5-13(12-24-19)16(27)11-20-25-15-10-18(29-3)17(28-2)9-14(15)21-23-7-8-26(20)21/h5-6,9-12,25H,4,7-8H2,1-3H3,(H,22,24). The van der Waals surface area contributed by atoms with Crippen LogP contribution in [0.25, 0.3) is 0 Å². The van der Waals surface area contributed by atoms with Crippen LogP contribution in [-0.2, 0) is 0 Å². The number of hydrogen-bond donors (Lipinski definition) is 2. The molecular weight excluding hydrogens is 370 g/mol. The Morgan fingerprint density at radius 3 is 2.76 bits per heavy atom. The number of ether oxygens (including phenoxy) is 2. The van der Waals surface area contributed by atoms with Crippen LogP contribution in [0, 0.1) is 0 Å². The summed E-state index contributed by atoms with van der Waals surface area (Å²) < 4.78 is 10.8. The van der Waals surface area contributed by atoms with Crippen molar-refractivity contribution < 1.29 is 14.3 Å². The van der Waals surface area contributed by atoms with Crippen LogP contribution in [0.5, 0.6) is 11.5 Å². The second-order valence-electron chi connectivity index (χ2n) is 6.59. The van der Waals surface area contributed by atoms with E-state index < -0.39 is 0 Å². The smallest absolute Gasteiger partial charge is 0.191 e. The molecule has 4 rings (SSSR count). The Kier molecular flexibility index (Phi) is 5.07. The van der Waals surface area contributed by atoms with E-state index in [-0.39, 0.29) is 5.78 Å². The van der Waals surface area contributed by atoms with E-state index in [0.29, 0.717) is 36.0 Å². The molecule has 0 unspecified atom stereocenters. The lowest BCUT2D eigenvalue weighted by Crippen LogP contribution is -2.36. The number of pyridine rings is 1. The van der Waals surface area contributed by atoms with E-state index in [9.17, 15) is 4.79 Å². The molecule has 2 aliphatic rings. The number of aromatic nitrogens is 1. The van der Waals surface area contributed by atoms with Crippen LogP contribution in [0.4, 0.5) is 11.5 Å². The molecule has 0 spiro atoms. The van der Waals surface area contributed by atoms with Crippen molar-refractivity contribution in [3.8, 4) is 11.5 Å². The fraction of sp³-hybridized carbons (Fsp3) is 0.286. The van der Waals surface area contributed by atoms with Crippen molar-refractivity contribution in [3.05, 3.63) is 53.5 Å². The van der Waals surface area contributed by atoms with Crippen LogP contribution in [-0.4, -0.2) is 55.4 Å². The molecule has 2 aromatic rings. The number of aliphatic imine (C=N–C) groups is 1. The molecular formula is C21H23N5O3. The van der Waals surface area contributed by atoms with Gasteiger partial charge in [-0.05, 0) is 25.1 Å². The molecule has 0 bridgehead atoms. The molecule has 0 atom stereocenters. The molecule has 1 aromatic heterocycles. The number of nitrogens with zero attached hydrogens (tertiary/aromatic N) is 3. The lowest BCUT2D eigenvalue weighted by molar-refractivity contribution is 0.104. The number of fused-ring (bicyclic) bond motifs is 3. The zero-order chi connectivity index (χ0) is 20.4. The van der Waals surface area contributed by atoms with Gasteiger partial charge in [-0.3, -0.25) is 9.79 Å². The maximum absolute atomic E-state index is 12.8. The predicted octanol–water partition coefficient (Wildman–Crippen LogP) is 2.74. The van der Waals surface area contributed by atoms with Crippen molar-refractivity contribution >= 4 is 23.1 Å². The Labute approximate surface area is 169 Å². The number of nitrogens with one attached hydrogen (secondary N) is 2. The van der Waals surface area contributed by atoms with Gasteiger partial charge in [0, 0.05) is 42.6 Å². The minimum absolute atomic E-state index is 0.127. The minimum atomic E-state index is -0.127. The first-order valence-electron chi connectivity index (χ1n) is 9.46. The van der Waals surface area contributed by atoms with E-state index in [1.165, 1.54) is 0 Å². The van der Waals surface area contributed by atoms with Gasteiger partial charge in [-0.1, -0.05) is 0 Å². The largest absolute Gasteiger partial charge is 0.493 e. The highest BCUT2D eigenvalue weighted by Gasteiger charge is 2.31. The Morgan fingerprint density at radius 1 is 1.28 bits per heavy atom. The Bertz CT molecular complexity index is 998. The average Bonchev–Trinajstić information content (AvgIpc) is 3.24. The molecule has 0 amide bonds. The lowest BCUT2D eigenvalue weighted by Gasteiger charge is -2.31. The van der Waals surface area contributed by atoms with Crippen LogP contribution in [0.15, 0.2) is 47.4 Å². The molecule has 0 saturated carbocycles. The molecule has 0 fully saturated rings. The van der Waals surface area contributed by atoms with Gasteiger partial charge in [-0.25, -0.2) is 4.98 Å². The Hall–Kier alpha value is -3.55. The number of ketones is 1. The highest BCUT2D eigenvalue weighted by atomic mass is 16.5. The van der Waals surface area contributed by atoms with Crippen molar-refractivity contribution in [2.24, 2.45) is 4.99 Å². The topological polar surface area (TPSA) is 88.1 Å². The number of allylic oxidation sites excluding steroid dienone is 1. The normalized spacial score (nSPS) is 15.9. The molecule has 3 heterocycles. The zero-order valence-corrected chi connectivity index (χ0v) is 16.7. The first-order valence-corrected chi connectivity index (χ1v) is 9.46. The first kappa shape index (κ1) is 18.8. The summed E-state index contributed by atoms with van der Waals surface area (Å²) in [4.78, 5) is 23.7. The lowest BCUT2D eigenvalue weighted by atomic mass is 10.1. The summed E-state index contributed by atoms with van der Waals surface area (Å²) in [5.74, 6) is 3.37. The first-order chi connectivity index (χ1) is 14.1. The number of carbonyl (C=O) groups excluding carboxylic acids is 1. The van der Waals surface area contributed by atoms with Crippen LogP contribution in [0.2, 0.25) is 0 Å². The van der Waals surface area contributed by atoms with Gasteiger partial charge >= 0.3 is 0 Å². The second-order valence-corrected chi connectivity index (χ2v) is 6.59. The van der Waals surface area contributed by atoms with Gasteiger partial charge < -0.3 is 25.0 Å². The molecule has 150 valence electrons. The third kappa shape index (κ3) is 3.49. The Balaban J connectivity index is 1.67. The summed E-state index contributed by atoms with van der Waals surface area (Å²) in [5.41, 5.74) is 2.26. The molecule has 2 aliphatic heterocycles. The molecule has 0 radical (unpaired) electrons. The summed E-state index contributed by atoms with van der Waals surface area (Å²) in [7, 11) is 3.20. The van der Waals surface area contributed by atoms with E-state index in [1.54, 1.807) is 38.6 Å². The molecule has 8 heteroatoms.